The van der Waals surface area contributed by atoms with E-state index in [9.17, 15) is 13.2 Å². The molecule has 21 heavy (non-hydrogen) atoms. The number of benzene rings is 1. The first-order chi connectivity index (χ1) is 9.79. The van der Waals surface area contributed by atoms with E-state index >= 15 is 0 Å². The molecule has 0 radical (unpaired) electrons. The Morgan fingerprint density at radius 3 is 2.19 bits per heavy atom. The smallest absolute Gasteiger partial charge is 0.345 e. The molecule has 0 fully saturated rings. The van der Waals surface area contributed by atoms with Crippen molar-refractivity contribution >= 4 is 31.9 Å². The molecule has 1 heterocycles. The molecule has 0 unspecified atom stereocenters. The Bertz CT molecular complexity index is 795. The van der Waals surface area contributed by atoms with E-state index in [1.807, 2.05) is 0 Å². The van der Waals surface area contributed by atoms with Gasteiger partial charge in [-0.25, -0.2) is 0 Å². The van der Waals surface area contributed by atoms with Gasteiger partial charge >= 0.3 is 6.18 Å². The number of nitriles is 2. The zero-order chi connectivity index (χ0) is 15.8. The van der Waals surface area contributed by atoms with Gasteiger partial charge in [0.25, 0.3) is 0 Å². The van der Waals surface area contributed by atoms with Crippen LogP contribution in [0.3, 0.4) is 0 Å². The molecule has 106 valence electrons. The van der Waals surface area contributed by atoms with Gasteiger partial charge < -0.3 is 4.98 Å². The Labute approximate surface area is 134 Å². The van der Waals surface area contributed by atoms with Crippen molar-refractivity contribution in [1.82, 2.24) is 4.98 Å². The molecular formula is C13H4Br2F3N3. The zero-order valence-corrected chi connectivity index (χ0v) is 13.2. The van der Waals surface area contributed by atoms with Crippen LogP contribution in [0.15, 0.2) is 27.1 Å². The first-order valence-electron chi connectivity index (χ1n) is 5.38. The van der Waals surface area contributed by atoms with Gasteiger partial charge in [-0.15, -0.1) is 0 Å². The first-order valence-corrected chi connectivity index (χ1v) is 6.97. The summed E-state index contributed by atoms with van der Waals surface area (Å²) < 4.78 is 40.4. The lowest BCUT2D eigenvalue weighted by Crippen LogP contribution is -2.08. The lowest BCUT2D eigenvalue weighted by atomic mass is 10.0. The summed E-state index contributed by atoms with van der Waals surface area (Å²) in [6.45, 7) is 0. The molecule has 1 N–H and O–H groups in total. The molecule has 1 aromatic heterocycles. The van der Waals surface area contributed by atoms with Crippen LogP contribution in [0.5, 0.6) is 0 Å². The number of aromatic nitrogens is 1. The molecule has 1 aromatic carbocycles. The molecular weight excluding hydrogens is 415 g/mol. The minimum absolute atomic E-state index is 0.0328. The Morgan fingerprint density at radius 2 is 1.71 bits per heavy atom. The van der Waals surface area contributed by atoms with Crippen LogP contribution in [0.1, 0.15) is 16.8 Å². The number of nitrogens with one attached hydrogen (secondary N) is 1. The molecule has 2 rings (SSSR count). The number of H-pyrrole nitrogens is 1. The Kier molecular flexibility index (Phi) is 4.13. The third-order valence-electron chi connectivity index (χ3n) is 2.72. The average Bonchev–Trinajstić information content (AvgIpc) is 2.80. The normalized spacial score (nSPS) is 11.0. The second-order valence-electron chi connectivity index (χ2n) is 3.98. The van der Waals surface area contributed by atoms with E-state index in [2.05, 4.69) is 36.8 Å². The van der Waals surface area contributed by atoms with Gasteiger partial charge in [0.1, 0.15) is 23.4 Å². The minimum Gasteiger partial charge on any atom is -0.345 e. The predicted molar refractivity (Wildman–Crippen MR) is 76.1 cm³/mol. The number of nitrogens with zero attached hydrogens (tertiary/aromatic N) is 2. The average molecular weight is 419 g/mol. The SMILES string of the molecule is N#Cc1[nH]c(-c2ccc(Br)c(Br)c2)c(C#N)c1C(F)(F)F. The molecule has 2 aromatic rings. The molecule has 0 spiro atoms. The van der Waals surface area contributed by atoms with Crippen molar-refractivity contribution in [1.29, 1.82) is 10.5 Å². The molecule has 0 saturated carbocycles. The van der Waals surface area contributed by atoms with Gasteiger partial charge in [0.2, 0.25) is 0 Å². The minimum atomic E-state index is -4.78. The van der Waals surface area contributed by atoms with E-state index in [1.54, 1.807) is 18.2 Å². The summed E-state index contributed by atoms with van der Waals surface area (Å²) in [6, 6.07) is 7.70. The maximum absolute atomic E-state index is 13.0. The zero-order valence-electron chi connectivity index (χ0n) is 10.0. The molecule has 8 heteroatoms. The highest BCUT2D eigenvalue weighted by Gasteiger charge is 2.40. The maximum atomic E-state index is 13.0. The fourth-order valence-electron chi connectivity index (χ4n) is 1.85. The molecule has 0 aliphatic heterocycles. The van der Waals surface area contributed by atoms with E-state index in [4.69, 9.17) is 10.5 Å². The van der Waals surface area contributed by atoms with E-state index < -0.39 is 23.0 Å². The summed E-state index contributed by atoms with van der Waals surface area (Å²) in [6.07, 6.45) is -4.78. The van der Waals surface area contributed by atoms with Gasteiger partial charge in [-0.3, -0.25) is 0 Å². The van der Waals surface area contributed by atoms with Crippen molar-refractivity contribution in [3.05, 3.63) is 44.0 Å². The number of aromatic amines is 1. The summed E-state index contributed by atoms with van der Waals surface area (Å²) in [7, 11) is 0. The largest absolute Gasteiger partial charge is 0.420 e. The van der Waals surface area contributed by atoms with Crippen LogP contribution in [0.2, 0.25) is 0 Å². The van der Waals surface area contributed by atoms with Gasteiger partial charge in [0.05, 0.1) is 11.3 Å². The van der Waals surface area contributed by atoms with E-state index in [1.165, 1.54) is 12.1 Å². The van der Waals surface area contributed by atoms with Crippen molar-refractivity contribution in [2.45, 2.75) is 6.18 Å². The molecule has 0 aliphatic rings. The number of rotatable bonds is 1. The Hall–Kier alpha value is -1.77. The molecule has 0 atom stereocenters. The number of halogens is 5. The fraction of sp³-hybridized carbons (Fsp3) is 0.0769. The second kappa shape index (κ2) is 5.55. The van der Waals surface area contributed by atoms with Crippen molar-refractivity contribution in [3.8, 4) is 23.4 Å². The lowest BCUT2D eigenvalue weighted by Gasteiger charge is -2.05. The number of hydrogen-bond donors (Lipinski definition) is 1. The number of alkyl halides is 3. The first kappa shape index (κ1) is 15.6. The van der Waals surface area contributed by atoms with Crippen LogP contribution in [0.4, 0.5) is 13.2 Å². The molecule has 0 saturated heterocycles. The summed E-state index contributed by atoms with van der Waals surface area (Å²) in [5.74, 6) is 0. The summed E-state index contributed by atoms with van der Waals surface area (Å²) in [5, 5.41) is 17.9. The molecule has 0 bridgehead atoms. The Balaban J connectivity index is 2.77. The fourth-order valence-corrected chi connectivity index (χ4v) is 2.47. The van der Waals surface area contributed by atoms with Crippen molar-refractivity contribution in [2.75, 3.05) is 0 Å². The lowest BCUT2D eigenvalue weighted by molar-refractivity contribution is -0.137. The van der Waals surface area contributed by atoms with Crippen LogP contribution in [-0.4, -0.2) is 4.98 Å². The summed E-state index contributed by atoms with van der Waals surface area (Å²) in [5.41, 5.74) is -2.16. The van der Waals surface area contributed by atoms with Gasteiger partial charge in [-0.05, 0) is 44.0 Å². The summed E-state index contributed by atoms with van der Waals surface area (Å²) >= 11 is 6.49. The van der Waals surface area contributed by atoms with Gasteiger partial charge in [-0.1, -0.05) is 6.07 Å². The molecule has 0 amide bonds. The third-order valence-corrected chi connectivity index (χ3v) is 4.60. The van der Waals surface area contributed by atoms with E-state index in [-0.39, 0.29) is 5.69 Å². The summed E-state index contributed by atoms with van der Waals surface area (Å²) in [4.78, 5) is 2.38. The van der Waals surface area contributed by atoms with Crippen LogP contribution >= 0.6 is 31.9 Å². The van der Waals surface area contributed by atoms with Crippen LogP contribution in [0.25, 0.3) is 11.3 Å². The van der Waals surface area contributed by atoms with Gasteiger partial charge in [0, 0.05) is 14.5 Å². The number of hydrogen-bond acceptors (Lipinski definition) is 2. The van der Waals surface area contributed by atoms with Crippen molar-refractivity contribution in [3.63, 3.8) is 0 Å². The standard InChI is InChI=1S/C13H4Br2F3N3/c14-8-2-1-6(3-9(8)15)12-7(4-19)11(13(16,17)18)10(5-20)21-12/h1-3,21H. The van der Waals surface area contributed by atoms with E-state index in [0.29, 0.717) is 14.5 Å². The third kappa shape index (κ3) is 2.82. The predicted octanol–water partition coefficient (Wildman–Crippen LogP) is 4.97. The Morgan fingerprint density at radius 1 is 1.05 bits per heavy atom. The highest BCUT2D eigenvalue weighted by Crippen LogP contribution is 2.39. The second-order valence-corrected chi connectivity index (χ2v) is 5.68. The van der Waals surface area contributed by atoms with Gasteiger partial charge in [0.15, 0.2) is 0 Å². The quantitative estimate of drug-likeness (QED) is 0.710. The topological polar surface area (TPSA) is 63.4 Å². The van der Waals surface area contributed by atoms with Crippen LogP contribution in [-0.2, 0) is 6.18 Å². The highest BCUT2D eigenvalue weighted by molar-refractivity contribution is 9.13. The maximum Gasteiger partial charge on any atom is 0.420 e. The van der Waals surface area contributed by atoms with E-state index in [0.717, 1.165) is 0 Å². The van der Waals surface area contributed by atoms with Crippen molar-refractivity contribution in [2.24, 2.45) is 0 Å². The molecule has 0 aliphatic carbocycles. The van der Waals surface area contributed by atoms with Crippen molar-refractivity contribution < 1.29 is 13.2 Å². The molecule has 3 nitrogen and oxygen atoms in total. The van der Waals surface area contributed by atoms with Gasteiger partial charge in [-0.2, -0.15) is 23.7 Å². The van der Waals surface area contributed by atoms with Crippen LogP contribution < -0.4 is 0 Å². The van der Waals surface area contributed by atoms with Crippen LogP contribution in [0, 0.1) is 22.7 Å². The monoisotopic (exact) mass is 417 g/mol. The highest BCUT2D eigenvalue weighted by atomic mass is 79.9.